The number of hydrogen-bond acceptors (Lipinski definition) is 5. The summed E-state index contributed by atoms with van der Waals surface area (Å²) in [5, 5.41) is 0. The molecule has 6 heteroatoms. The van der Waals surface area contributed by atoms with Crippen LogP contribution >= 0.6 is 0 Å². The van der Waals surface area contributed by atoms with E-state index in [2.05, 4.69) is 15.0 Å². The molecular formula is C16H18N4O2. The Bertz CT molecular complexity index is 655. The standard InChI is InChI=1S/C16H18N4O2/c1-11-9-14(19-12(2)18-11)15-10-20(7-8-22-15)16(21)13-5-3-4-6-17-13/h3-6,9,15H,7-8,10H2,1-2H3. The lowest BCUT2D eigenvalue weighted by molar-refractivity contribution is -0.0250. The molecule has 22 heavy (non-hydrogen) atoms. The number of aryl methyl sites for hydroxylation is 2. The third kappa shape index (κ3) is 3.12. The van der Waals surface area contributed by atoms with Gasteiger partial charge in [0.1, 0.15) is 17.6 Å². The number of nitrogens with zero attached hydrogens (tertiary/aromatic N) is 4. The molecule has 1 saturated heterocycles. The number of pyridine rings is 1. The summed E-state index contributed by atoms with van der Waals surface area (Å²) in [5.74, 6) is 0.642. The number of carbonyl (C=O) groups excluding carboxylic acids is 1. The van der Waals surface area contributed by atoms with Crippen molar-refractivity contribution in [3.05, 3.63) is 53.4 Å². The van der Waals surface area contributed by atoms with Crippen LogP contribution in [-0.2, 0) is 4.74 Å². The van der Waals surface area contributed by atoms with E-state index in [9.17, 15) is 4.79 Å². The maximum atomic E-state index is 12.5. The van der Waals surface area contributed by atoms with Gasteiger partial charge >= 0.3 is 0 Å². The fourth-order valence-electron chi connectivity index (χ4n) is 2.57. The quantitative estimate of drug-likeness (QED) is 0.844. The second-order valence-electron chi connectivity index (χ2n) is 5.31. The first-order chi connectivity index (χ1) is 10.6. The number of ether oxygens (including phenoxy) is 1. The molecule has 0 N–H and O–H groups in total. The average molecular weight is 298 g/mol. The van der Waals surface area contributed by atoms with Gasteiger partial charge in [-0.2, -0.15) is 0 Å². The number of carbonyl (C=O) groups is 1. The molecule has 1 aliphatic heterocycles. The highest BCUT2D eigenvalue weighted by Gasteiger charge is 2.27. The summed E-state index contributed by atoms with van der Waals surface area (Å²) in [6.07, 6.45) is 1.41. The van der Waals surface area contributed by atoms with Crippen molar-refractivity contribution in [1.82, 2.24) is 19.9 Å². The molecular weight excluding hydrogens is 280 g/mol. The van der Waals surface area contributed by atoms with Crippen molar-refractivity contribution in [2.75, 3.05) is 19.7 Å². The summed E-state index contributed by atoms with van der Waals surface area (Å²) in [5.41, 5.74) is 2.18. The van der Waals surface area contributed by atoms with E-state index in [1.54, 1.807) is 23.2 Å². The molecule has 0 spiro atoms. The van der Waals surface area contributed by atoms with Gasteiger partial charge in [0.05, 0.1) is 18.8 Å². The van der Waals surface area contributed by atoms with Gasteiger partial charge in [-0.1, -0.05) is 6.07 Å². The molecule has 1 aliphatic rings. The number of hydrogen-bond donors (Lipinski definition) is 0. The topological polar surface area (TPSA) is 68.2 Å². The van der Waals surface area contributed by atoms with E-state index in [0.717, 1.165) is 11.4 Å². The number of aromatic nitrogens is 3. The monoisotopic (exact) mass is 298 g/mol. The largest absolute Gasteiger partial charge is 0.368 e. The van der Waals surface area contributed by atoms with E-state index in [-0.39, 0.29) is 12.0 Å². The van der Waals surface area contributed by atoms with Crippen LogP contribution in [0.25, 0.3) is 0 Å². The van der Waals surface area contributed by atoms with Crippen LogP contribution in [0.3, 0.4) is 0 Å². The minimum Gasteiger partial charge on any atom is -0.368 e. The summed E-state index contributed by atoms with van der Waals surface area (Å²) in [4.78, 5) is 27.1. The van der Waals surface area contributed by atoms with Crippen molar-refractivity contribution < 1.29 is 9.53 Å². The molecule has 2 aromatic rings. The summed E-state index contributed by atoms with van der Waals surface area (Å²) in [6, 6.07) is 7.25. The molecule has 3 rings (SSSR count). The maximum absolute atomic E-state index is 12.5. The van der Waals surface area contributed by atoms with E-state index in [0.29, 0.717) is 31.2 Å². The van der Waals surface area contributed by atoms with Gasteiger partial charge in [-0.3, -0.25) is 9.78 Å². The molecule has 1 amide bonds. The van der Waals surface area contributed by atoms with Gasteiger partial charge in [-0.15, -0.1) is 0 Å². The third-order valence-corrected chi connectivity index (χ3v) is 3.55. The Kier molecular flexibility index (Phi) is 4.11. The van der Waals surface area contributed by atoms with E-state index in [4.69, 9.17) is 4.74 Å². The third-order valence-electron chi connectivity index (χ3n) is 3.55. The van der Waals surface area contributed by atoms with Gasteiger partial charge in [0.25, 0.3) is 5.91 Å². The molecule has 3 heterocycles. The molecule has 0 radical (unpaired) electrons. The highest BCUT2D eigenvalue weighted by atomic mass is 16.5. The molecule has 1 fully saturated rings. The van der Waals surface area contributed by atoms with Gasteiger partial charge in [0, 0.05) is 18.4 Å². The molecule has 1 atom stereocenters. The van der Waals surface area contributed by atoms with Gasteiger partial charge in [-0.25, -0.2) is 9.97 Å². The van der Waals surface area contributed by atoms with Crippen LogP contribution in [0.4, 0.5) is 0 Å². The molecule has 0 saturated carbocycles. The van der Waals surface area contributed by atoms with Crippen LogP contribution in [-0.4, -0.2) is 45.5 Å². The lowest BCUT2D eigenvalue weighted by atomic mass is 10.1. The Balaban J connectivity index is 1.78. The number of rotatable bonds is 2. The van der Waals surface area contributed by atoms with Crippen molar-refractivity contribution >= 4 is 5.91 Å². The van der Waals surface area contributed by atoms with Crippen LogP contribution in [0.5, 0.6) is 0 Å². The number of amides is 1. The minimum absolute atomic E-state index is 0.0728. The summed E-state index contributed by atoms with van der Waals surface area (Å²) in [7, 11) is 0. The fourth-order valence-corrected chi connectivity index (χ4v) is 2.57. The van der Waals surface area contributed by atoms with E-state index in [1.165, 1.54) is 0 Å². The minimum atomic E-state index is -0.221. The highest BCUT2D eigenvalue weighted by Crippen LogP contribution is 2.22. The normalized spacial score (nSPS) is 18.3. The smallest absolute Gasteiger partial charge is 0.272 e. The summed E-state index contributed by atoms with van der Waals surface area (Å²) in [6.45, 7) is 5.32. The second-order valence-corrected chi connectivity index (χ2v) is 5.31. The van der Waals surface area contributed by atoms with E-state index < -0.39 is 0 Å². The molecule has 1 unspecified atom stereocenters. The van der Waals surface area contributed by atoms with Gasteiger partial charge in [0.15, 0.2) is 0 Å². The zero-order chi connectivity index (χ0) is 15.5. The first-order valence-corrected chi connectivity index (χ1v) is 7.27. The summed E-state index contributed by atoms with van der Waals surface area (Å²) < 4.78 is 5.79. The Morgan fingerprint density at radius 2 is 2.18 bits per heavy atom. The Labute approximate surface area is 129 Å². The molecule has 114 valence electrons. The molecule has 6 nitrogen and oxygen atoms in total. The Morgan fingerprint density at radius 1 is 1.32 bits per heavy atom. The van der Waals surface area contributed by atoms with Crippen LogP contribution in [0, 0.1) is 13.8 Å². The first kappa shape index (κ1) is 14.6. The van der Waals surface area contributed by atoms with Gasteiger partial charge < -0.3 is 9.64 Å². The SMILES string of the molecule is Cc1cc(C2CN(C(=O)c3ccccn3)CCO2)nc(C)n1. The van der Waals surface area contributed by atoms with Crippen molar-refractivity contribution in [2.45, 2.75) is 20.0 Å². The zero-order valence-corrected chi connectivity index (χ0v) is 12.7. The van der Waals surface area contributed by atoms with Gasteiger partial charge in [-0.05, 0) is 32.0 Å². The highest BCUT2D eigenvalue weighted by molar-refractivity contribution is 5.92. The van der Waals surface area contributed by atoms with Crippen LogP contribution in [0.2, 0.25) is 0 Å². The van der Waals surface area contributed by atoms with Crippen molar-refractivity contribution in [3.63, 3.8) is 0 Å². The lowest BCUT2D eigenvalue weighted by Gasteiger charge is -2.32. The molecule has 0 aromatic carbocycles. The molecule has 0 bridgehead atoms. The first-order valence-electron chi connectivity index (χ1n) is 7.27. The Hall–Kier alpha value is -2.34. The van der Waals surface area contributed by atoms with Crippen LogP contribution in [0.15, 0.2) is 30.5 Å². The van der Waals surface area contributed by atoms with E-state index >= 15 is 0 Å². The fraction of sp³-hybridized carbons (Fsp3) is 0.375. The van der Waals surface area contributed by atoms with Crippen LogP contribution < -0.4 is 0 Å². The predicted octanol–water partition coefficient (Wildman–Crippen LogP) is 1.70. The molecule has 0 aliphatic carbocycles. The van der Waals surface area contributed by atoms with Crippen molar-refractivity contribution in [2.24, 2.45) is 0 Å². The lowest BCUT2D eigenvalue weighted by Crippen LogP contribution is -2.42. The Morgan fingerprint density at radius 3 is 2.91 bits per heavy atom. The van der Waals surface area contributed by atoms with Gasteiger partial charge in [0.2, 0.25) is 0 Å². The summed E-state index contributed by atoms with van der Waals surface area (Å²) >= 11 is 0. The van der Waals surface area contributed by atoms with Crippen molar-refractivity contribution in [1.29, 1.82) is 0 Å². The molecule has 2 aromatic heterocycles. The van der Waals surface area contributed by atoms with Crippen molar-refractivity contribution in [3.8, 4) is 0 Å². The zero-order valence-electron chi connectivity index (χ0n) is 12.7. The maximum Gasteiger partial charge on any atom is 0.272 e. The van der Waals surface area contributed by atoms with Crippen LogP contribution in [0.1, 0.15) is 33.8 Å². The average Bonchev–Trinajstić information content (AvgIpc) is 2.54. The predicted molar refractivity (Wildman–Crippen MR) is 80.3 cm³/mol. The van der Waals surface area contributed by atoms with E-state index in [1.807, 2.05) is 26.0 Å². The number of morpholine rings is 1. The second kappa shape index (κ2) is 6.19.